The van der Waals surface area contributed by atoms with Crippen molar-refractivity contribution in [2.75, 3.05) is 13.1 Å². The number of benzene rings is 3. The van der Waals surface area contributed by atoms with Crippen LogP contribution in [0.5, 0.6) is 0 Å². The SMILES string of the molecule is Cc1ccc(S(=O)(=O)N2CCCC(C(=O)N=c3sc4c5ccccc5ccc4n3C)C2)cc1. The Balaban J connectivity index is 1.45. The van der Waals surface area contributed by atoms with Crippen LogP contribution in [0.3, 0.4) is 0 Å². The Morgan fingerprint density at radius 3 is 2.61 bits per heavy atom. The Bertz CT molecular complexity index is 1530. The molecule has 0 saturated carbocycles. The van der Waals surface area contributed by atoms with Gasteiger partial charge in [0.25, 0.3) is 5.91 Å². The van der Waals surface area contributed by atoms with E-state index in [2.05, 4.69) is 23.2 Å². The number of hydrogen-bond acceptors (Lipinski definition) is 4. The summed E-state index contributed by atoms with van der Waals surface area (Å²) in [6.45, 7) is 2.50. The lowest BCUT2D eigenvalue weighted by Crippen LogP contribution is -2.42. The number of aromatic nitrogens is 1. The first-order valence-corrected chi connectivity index (χ1v) is 13.2. The van der Waals surface area contributed by atoms with Crippen LogP contribution >= 0.6 is 11.3 Å². The molecule has 33 heavy (non-hydrogen) atoms. The number of carbonyl (C=O) groups excluding carboxylic acids is 1. The molecule has 1 aliphatic heterocycles. The number of aryl methyl sites for hydroxylation is 2. The van der Waals surface area contributed by atoms with Gasteiger partial charge in [0.05, 0.1) is 21.0 Å². The molecule has 0 radical (unpaired) electrons. The van der Waals surface area contributed by atoms with Crippen LogP contribution in [0.25, 0.3) is 21.0 Å². The van der Waals surface area contributed by atoms with Crippen LogP contribution in [0.4, 0.5) is 0 Å². The van der Waals surface area contributed by atoms with Crippen molar-refractivity contribution < 1.29 is 13.2 Å². The van der Waals surface area contributed by atoms with E-state index in [0.717, 1.165) is 26.6 Å². The fraction of sp³-hybridized carbons (Fsp3) is 0.280. The molecule has 2 heterocycles. The first-order chi connectivity index (χ1) is 15.8. The highest BCUT2D eigenvalue weighted by atomic mass is 32.2. The Hall–Kier alpha value is -2.81. The van der Waals surface area contributed by atoms with Gasteiger partial charge in [-0.05, 0) is 43.4 Å². The highest BCUT2D eigenvalue weighted by Gasteiger charge is 2.33. The maximum Gasteiger partial charge on any atom is 0.252 e. The molecular formula is C25H25N3O3S2. The fourth-order valence-electron chi connectivity index (χ4n) is 4.37. The van der Waals surface area contributed by atoms with E-state index < -0.39 is 15.9 Å². The molecule has 1 aliphatic rings. The summed E-state index contributed by atoms with van der Waals surface area (Å²) in [6.07, 6.45) is 1.28. The Labute approximate surface area is 196 Å². The van der Waals surface area contributed by atoms with Gasteiger partial charge in [0, 0.05) is 25.5 Å². The molecule has 1 unspecified atom stereocenters. The number of amides is 1. The zero-order chi connectivity index (χ0) is 23.2. The van der Waals surface area contributed by atoms with Gasteiger partial charge in [-0.1, -0.05) is 59.4 Å². The summed E-state index contributed by atoms with van der Waals surface area (Å²) in [5.74, 6) is -0.703. The van der Waals surface area contributed by atoms with Gasteiger partial charge in [-0.3, -0.25) is 4.79 Å². The van der Waals surface area contributed by atoms with Crippen LogP contribution in [0.1, 0.15) is 18.4 Å². The minimum atomic E-state index is -3.63. The quantitative estimate of drug-likeness (QED) is 0.442. The summed E-state index contributed by atoms with van der Waals surface area (Å²) < 4.78 is 30.7. The van der Waals surface area contributed by atoms with Crippen LogP contribution < -0.4 is 4.80 Å². The van der Waals surface area contributed by atoms with E-state index in [4.69, 9.17) is 0 Å². The molecule has 4 aromatic rings. The van der Waals surface area contributed by atoms with Crippen molar-refractivity contribution in [1.82, 2.24) is 8.87 Å². The van der Waals surface area contributed by atoms with Crippen molar-refractivity contribution in [2.24, 2.45) is 18.0 Å². The minimum Gasteiger partial charge on any atom is -0.319 e. The molecule has 1 saturated heterocycles. The van der Waals surface area contributed by atoms with Crippen molar-refractivity contribution in [3.05, 3.63) is 71.0 Å². The second-order valence-electron chi connectivity index (χ2n) is 8.54. The average molecular weight is 480 g/mol. The van der Waals surface area contributed by atoms with Gasteiger partial charge in [-0.25, -0.2) is 8.42 Å². The van der Waals surface area contributed by atoms with E-state index >= 15 is 0 Å². The molecule has 0 N–H and O–H groups in total. The normalized spacial score (nSPS) is 18.2. The topological polar surface area (TPSA) is 71.7 Å². The van der Waals surface area contributed by atoms with Gasteiger partial charge in [-0.15, -0.1) is 0 Å². The molecule has 170 valence electrons. The summed E-state index contributed by atoms with van der Waals surface area (Å²) in [6, 6.07) is 19.1. The zero-order valence-electron chi connectivity index (χ0n) is 18.6. The predicted octanol–water partition coefficient (Wildman–Crippen LogP) is 4.23. The monoisotopic (exact) mass is 479 g/mol. The van der Waals surface area contributed by atoms with Crippen molar-refractivity contribution >= 4 is 48.3 Å². The van der Waals surface area contributed by atoms with Crippen LogP contribution in [0.15, 0.2) is 70.6 Å². The molecule has 0 spiro atoms. The van der Waals surface area contributed by atoms with Crippen LogP contribution in [-0.4, -0.2) is 36.3 Å². The number of rotatable bonds is 3. The summed E-state index contributed by atoms with van der Waals surface area (Å²) in [4.78, 5) is 18.5. The minimum absolute atomic E-state index is 0.163. The van der Waals surface area contributed by atoms with E-state index in [1.165, 1.54) is 15.6 Å². The lowest BCUT2D eigenvalue weighted by Gasteiger charge is -2.30. The summed E-state index contributed by atoms with van der Waals surface area (Å²) >= 11 is 1.49. The standard InChI is InChI=1S/C25H25N3O3S2/c1-17-9-12-20(13-10-17)33(30,31)28-15-5-7-19(16-28)24(29)26-25-27(2)22-14-11-18-6-3-4-8-21(18)23(22)32-25/h3-4,6,8-14,19H,5,7,15-16H2,1-2H3. The first kappa shape index (κ1) is 22.0. The Morgan fingerprint density at radius 2 is 1.82 bits per heavy atom. The van der Waals surface area contributed by atoms with E-state index in [1.807, 2.05) is 36.7 Å². The molecule has 1 fully saturated rings. The van der Waals surface area contributed by atoms with Gasteiger partial charge in [0.15, 0.2) is 4.80 Å². The van der Waals surface area contributed by atoms with E-state index in [-0.39, 0.29) is 17.3 Å². The average Bonchev–Trinajstić information content (AvgIpc) is 3.15. The fourth-order valence-corrected chi connectivity index (χ4v) is 7.05. The highest BCUT2D eigenvalue weighted by molar-refractivity contribution is 7.89. The van der Waals surface area contributed by atoms with Crippen LogP contribution in [-0.2, 0) is 21.9 Å². The van der Waals surface area contributed by atoms with Crippen LogP contribution in [0.2, 0.25) is 0 Å². The largest absolute Gasteiger partial charge is 0.319 e. The molecule has 3 aromatic carbocycles. The Kier molecular flexibility index (Phi) is 5.68. The van der Waals surface area contributed by atoms with Crippen molar-refractivity contribution in [3.63, 3.8) is 0 Å². The smallest absolute Gasteiger partial charge is 0.252 e. The molecule has 6 nitrogen and oxygen atoms in total. The molecule has 1 amide bonds. The van der Waals surface area contributed by atoms with Gasteiger partial charge in [0.1, 0.15) is 0 Å². The highest BCUT2D eigenvalue weighted by Crippen LogP contribution is 2.28. The van der Waals surface area contributed by atoms with Crippen molar-refractivity contribution in [3.8, 4) is 0 Å². The molecule has 1 atom stereocenters. The summed E-state index contributed by atoms with van der Waals surface area (Å²) in [7, 11) is -1.72. The van der Waals surface area contributed by atoms with E-state index in [0.29, 0.717) is 24.2 Å². The second-order valence-corrected chi connectivity index (χ2v) is 11.5. The lowest BCUT2D eigenvalue weighted by molar-refractivity contribution is -0.122. The van der Waals surface area contributed by atoms with Crippen LogP contribution in [0, 0.1) is 12.8 Å². The first-order valence-electron chi connectivity index (χ1n) is 11.0. The number of sulfonamides is 1. The molecule has 5 rings (SSSR count). The second kappa shape index (κ2) is 8.52. The van der Waals surface area contributed by atoms with Crippen molar-refractivity contribution in [1.29, 1.82) is 0 Å². The molecule has 0 bridgehead atoms. The van der Waals surface area contributed by atoms with Gasteiger partial charge in [-0.2, -0.15) is 9.30 Å². The third-order valence-electron chi connectivity index (χ3n) is 6.30. The van der Waals surface area contributed by atoms with Gasteiger partial charge >= 0.3 is 0 Å². The number of hydrogen-bond donors (Lipinski definition) is 0. The predicted molar refractivity (Wildman–Crippen MR) is 132 cm³/mol. The molecule has 0 aliphatic carbocycles. The molecule has 1 aromatic heterocycles. The van der Waals surface area contributed by atoms with Gasteiger partial charge < -0.3 is 4.57 Å². The third kappa shape index (κ3) is 4.03. The summed E-state index contributed by atoms with van der Waals surface area (Å²) in [5, 5.41) is 2.28. The maximum absolute atomic E-state index is 13.1. The number of carbonyl (C=O) groups is 1. The van der Waals surface area contributed by atoms with Gasteiger partial charge in [0.2, 0.25) is 10.0 Å². The van der Waals surface area contributed by atoms with Crippen molar-refractivity contribution in [2.45, 2.75) is 24.7 Å². The number of nitrogens with zero attached hydrogens (tertiary/aromatic N) is 3. The number of fused-ring (bicyclic) bond motifs is 3. The molecular weight excluding hydrogens is 454 g/mol. The zero-order valence-corrected chi connectivity index (χ0v) is 20.2. The Morgan fingerprint density at radius 1 is 1.06 bits per heavy atom. The maximum atomic E-state index is 13.1. The van der Waals surface area contributed by atoms with E-state index in [9.17, 15) is 13.2 Å². The third-order valence-corrected chi connectivity index (χ3v) is 9.36. The van der Waals surface area contributed by atoms with E-state index in [1.54, 1.807) is 24.3 Å². The summed E-state index contributed by atoms with van der Waals surface area (Å²) in [5.41, 5.74) is 2.03. The number of thiazole rings is 1. The molecule has 8 heteroatoms. The lowest BCUT2D eigenvalue weighted by atomic mass is 9.99. The number of piperidine rings is 1.